The highest BCUT2D eigenvalue weighted by atomic mass is 127. The number of aliphatic imine (C=N–C) groups is 1. The fraction of sp³-hybridized carbons (Fsp3) is 0.429. The van der Waals surface area contributed by atoms with Crippen LogP contribution in [0, 0.1) is 6.92 Å². The molecular formula is C21H31IN6. The van der Waals surface area contributed by atoms with Crippen LogP contribution < -0.4 is 15.5 Å². The Hall–Kier alpha value is -1.87. The number of guanidine groups is 1. The van der Waals surface area contributed by atoms with Gasteiger partial charge in [-0.25, -0.2) is 4.98 Å². The summed E-state index contributed by atoms with van der Waals surface area (Å²) in [5.41, 5.74) is 3.72. The number of hydrogen-bond acceptors (Lipinski definition) is 4. The molecule has 2 N–H and O–H groups in total. The van der Waals surface area contributed by atoms with Crippen LogP contribution in [-0.2, 0) is 13.1 Å². The lowest BCUT2D eigenvalue weighted by Crippen LogP contribution is -2.44. The van der Waals surface area contributed by atoms with Gasteiger partial charge < -0.3 is 20.4 Å². The number of nitrogens with one attached hydrogen (secondary N) is 2. The van der Waals surface area contributed by atoms with Gasteiger partial charge in [0.15, 0.2) is 5.96 Å². The van der Waals surface area contributed by atoms with Gasteiger partial charge in [0.05, 0.1) is 0 Å². The first kappa shape index (κ1) is 22.4. The monoisotopic (exact) mass is 494 g/mol. The lowest BCUT2D eigenvalue weighted by Gasteiger charge is -2.33. The molecule has 0 atom stereocenters. The number of pyridine rings is 1. The number of rotatable bonds is 5. The molecule has 0 unspecified atom stereocenters. The zero-order valence-corrected chi connectivity index (χ0v) is 19.3. The molecule has 0 spiro atoms. The Kier molecular flexibility index (Phi) is 8.98. The molecule has 2 heterocycles. The maximum atomic E-state index is 4.55. The zero-order valence-electron chi connectivity index (χ0n) is 17.0. The van der Waals surface area contributed by atoms with Gasteiger partial charge in [0.1, 0.15) is 5.82 Å². The molecule has 6 nitrogen and oxygen atoms in total. The van der Waals surface area contributed by atoms with Crippen LogP contribution in [0.15, 0.2) is 47.6 Å². The van der Waals surface area contributed by atoms with E-state index in [4.69, 9.17) is 0 Å². The van der Waals surface area contributed by atoms with Crippen molar-refractivity contribution in [2.24, 2.45) is 4.99 Å². The minimum absolute atomic E-state index is 0. The van der Waals surface area contributed by atoms with E-state index in [1.54, 1.807) is 7.05 Å². The third-order valence-corrected chi connectivity index (χ3v) is 4.86. The molecule has 152 valence electrons. The van der Waals surface area contributed by atoms with Crippen LogP contribution in [0.5, 0.6) is 0 Å². The average Bonchev–Trinajstić information content (AvgIpc) is 2.69. The predicted molar refractivity (Wildman–Crippen MR) is 128 cm³/mol. The van der Waals surface area contributed by atoms with Crippen molar-refractivity contribution in [2.75, 3.05) is 45.2 Å². The second-order valence-corrected chi connectivity index (χ2v) is 7.08. The van der Waals surface area contributed by atoms with E-state index in [9.17, 15) is 0 Å². The summed E-state index contributed by atoms with van der Waals surface area (Å²) in [5, 5.41) is 6.77. The van der Waals surface area contributed by atoms with Gasteiger partial charge in [0.25, 0.3) is 0 Å². The molecule has 28 heavy (non-hydrogen) atoms. The normalized spacial score (nSPS) is 15.1. The number of anilines is 1. The number of aromatic nitrogens is 1. The standard InChI is InChI=1S/C21H30N6.HI/c1-17-5-4-6-18(13-17)15-24-21(22-2)25-16-19-7-8-23-20(14-19)27-11-9-26(3)10-12-27;/h4-8,13-14H,9-12,15-16H2,1-3H3,(H2,22,24,25);1H. The summed E-state index contributed by atoms with van der Waals surface area (Å²) in [4.78, 5) is 13.6. The molecule has 3 rings (SSSR count). The largest absolute Gasteiger partial charge is 0.354 e. The van der Waals surface area contributed by atoms with Crippen molar-refractivity contribution >= 4 is 35.8 Å². The number of halogens is 1. The first-order valence-electron chi connectivity index (χ1n) is 9.52. The number of benzene rings is 1. The molecule has 0 amide bonds. The fourth-order valence-electron chi connectivity index (χ4n) is 3.19. The summed E-state index contributed by atoms with van der Waals surface area (Å²) in [6.45, 7) is 7.80. The zero-order chi connectivity index (χ0) is 19.1. The van der Waals surface area contributed by atoms with Gasteiger partial charge in [0, 0.05) is 52.5 Å². The molecular weight excluding hydrogens is 463 g/mol. The van der Waals surface area contributed by atoms with Crippen molar-refractivity contribution in [3.05, 3.63) is 59.3 Å². The van der Waals surface area contributed by atoms with Crippen molar-refractivity contribution < 1.29 is 0 Å². The minimum Gasteiger partial charge on any atom is -0.354 e. The number of likely N-dealkylation sites (N-methyl/N-ethyl adjacent to an activating group) is 1. The first-order chi connectivity index (χ1) is 13.1. The Balaban J connectivity index is 0.00000280. The predicted octanol–water partition coefficient (Wildman–Crippen LogP) is 2.63. The summed E-state index contributed by atoms with van der Waals surface area (Å²) in [7, 11) is 3.97. The molecule has 1 aliphatic heterocycles. The smallest absolute Gasteiger partial charge is 0.191 e. The van der Waals surface area contributed by atoms with Gasteiger partial charge >= 0.3 is 0 Å². The van der Waals surface area contributed by atoms with Crippen LogP contribution in [0.2, 0.25) is 0 Å². The molecule has 0 radical (unpaired) electrons. The Bertz CT molecular complexity index is 771. The Morgan fingerprint density at radius 3 is 2.36 bits per heavy atom. The molecule has 7 heteroatoms. The quantitative estimate of drug-likeness (QED) is 0.381. The lowest BCUT2D eigenvalue weighted by molar-refractivity contribution is 0.312. The molecule has 2 aromatic rings. The van der Waals surface area contributed by atoms with Crippen molar-refractivity contribution in [3.63, 3.8) is 0 Å². The molecule has 1 saturated heterocycles. The molecule has 1 aromatic heterocycles. The topological polar surface area (TPSA) is 55.8 Å². The van der Waals surface area contributed by atoms with E-state index in [1.807, 2.05) is 6.20 Å². The van der Waals surface area contributed by atoms with Gasteiger partial charge in [-0.1, -0.05) is 29.8 Å². The summed E-state index contributed by atoms with van der Waals surface area (Å²) in [6.07, 6.45) is 1.90. The highest BCUT2D eigenvalue weighted by molar-refractivity contribution is 14.0. The van der Waals surface area contributed by atoms with E-state index in [0.29, 0.717) is 0 Å². The fourth-order valence-corrected chi connectivity index (χ4v) is 3.19. The molecule has 1 fully saturated rings. The van der Waals surface area contributed by atoms with E-state index < -0.39 is 0 Å². The third kappa shape index (κ3) is 6.63. The third-order valence-electron chi connectivity index (χ3n) is 4.86. The van der Waals surface area contributed by atoms with Gasteiger partial charge in [-0.15, -0.1) is 24.0 Å². The van der Waals surface area contributed by atoms with E-state index >= 15 is 0 Å². The van der Waals surface area contributed by atoms with Gasteiger partial charge in [-0.3, -0.25) is 4.99 Å². The van der Waals surface area contributed by atoms with E-state index in [1.165, 1.54) is 16.7 Å². The molecule has 1 aliphatic rings. The van der Waals surface area contributed by atoms with Crippen molar-refractivity contribution in [1.82, 2.24) is 20.5 Å². The minimum atomic E-state index is 0. The van der Waals surface area contributed by atoms with Crippen molar-refractivity contribution in [2.45, 2.75) is 20.0 Å². The number of piperazine rings is 1. The van der Waals surface area contributed by atoms with Crippen LogP contribution in [0.25, 0.3) is 0 Å². The van der Waals surface area contributed by atoms with Crippen molar-refractivity contribution in [3.8, 4) is 0 Å². The highest BCUT2D eigenvalue weighted by Crippen LogP contribution is 2.14. The summed E-state index contributed by atoms with van der Waals surface area (Å²) in [5.74, 6) is 1.86. The van der Waals surface area contributed by atoms with Crippen LogP contribution in [0.3, 0.4) is 0 Å². The van der Waals surface area contributed by atoms with E-state index in [0.717, 1.165) is 51.0 Å². The SMILES string of the molecule is CN=C(NCc1cccc(C)c1)NCc1ccnc(N2CCN(C)CC2)c1.I. The number of nitrogens with zero attached hydrogens (tertiary/aromatic N) is 4. The van der Waals surface area contributed by atoms with Crippen LogP contribution in [-0.4, -0.2) is 56.1 Å². The van der Waals surface area contributed by atoms with Gasteiger partial charge in [-0.2, -0.15) is 0 Å². The first-order valence-corrected chi connectivity index (χ1v) is 9.52. The van der Waals surface area contributed by atoms with Crippen molar-refractivity contribution in [1.29, 1.82) is 0 Å². The Morgan fingerprint density at radius 2 is 1.71 bits per heavy atom. The molecule has 1 aromatic carbocycles. The second-order valence-electron chi connectivity index (χ2n) is 7.08. The number of hydrogen-bond donors (Lipinski definition) is 2. The summed E-state index contributed by atoms with van der Waals surface area (Å²) >= 11 is 0. The van der Waals surface area contributed by atoms with Crippen LogP contribution in [0.4, 0.5) is 5.82 Å². The molecule has 0 saturated carbocycles. The van der Waals surface area contributed by atoms with Gasteiger partial charge in [-0.05, 0) is 37.2 Å². The van der Waals surface area contributed by atoms with E-state index in [-0.39, 0.29) is 24.0 Å². The lowest BCUT2D eigenvalue weighted by atomic mass is 10.1. The summed E-state index contributed by atoms with van der Waals surface area (Å²) < 4.78 is 0. The maximum Gasteiger partial charge on any atom is 0.191 e. The number of aryl methyl sites for hydroxylation is 1. The average molecular weight is 494 g/mol. The highest BCUT2D eigenvalue weighted by Gasteiger charge is 2.15. The summed E-state index contributed by atoms with van der Waals surface area (Å²) in [6, 6.07) is 12.7. The second kappa shape index (κ2) is 11.2. The Labute approximate surface area is 185 Å². The van der Waals surface area contributed by atoms with Crippen LogP contribution in [0.1, 0.15) is 16.7 Å². The maximum absolute atomic E-state index is 4.55. The van der Waals surface area contributed by atoms with Gasteiger partial charge in [0.2, 0.25) is 0 Å². The molecule has 0 aliphatic carbocycles. The van der Waals surface area contributed by atoms with Crippen LogP contribution >= 0.6 is 24.0 Å². The van der Waals surface area contributed by atoms with E-state index in [2.05, 4.69) is 80.8 Å². The molecule has 0 bridgehead atoms. The Morgan fingerprint density at radius 1 is 1.04 bits per heavy atom.